The summed E-state index contributed by atoms with van der Waals surface area (Å²) in [5.74, 6) is 1.77. The van der Waals surface area contributed by atoms with Crippen molar-refractivity contribution in [1.82, 2.24) is 9.97 Å². The van der Waals surface area contributed by atoms with Crippen molar-refractivity contribution in [2.45, 2.75) is 19.8 Å². The van der Waals surface area contributed by atoms with Crippen LogP contribution in [-0.2, 0) is 0 Å². The van der Waals surface area contributed by atoms with Gasteiger partial charge >= 0.3 is 0 Å². The Morgan fingerprint density at radius 3 is 2.82 bits per heavy atom. The van der Waals surface area contributed by atoms with Crippen molar-refractivity contribution in [2.75, 3.05) is 31.0 Å². The molecule has 1 aromatic rings. The molecule has 0 aliphatic carbocycles. The zero-order valence-corrected chi connectivity index (χ0v) is 12.5. The third-order valence-electron chi connectivity index (χ3n) is 2.31. The summed E-state index contributed by atoms with van der Waals surface area (Å²) in [7, 11) is 1.59. The first-order chi connectivity index (χ1) is 8.22. The molecular formula is C11H17BrClN3O. The normalized spacial score (nSPS) is 10.4. The molecule has 17 heavy (non-hydrogen) atoms. The number of aromatic nitrogens is 2. The monoisotopic (exact) mass is 321 g/mol. The zero-order valence-electron chi connectivity index (χ0n) is 10.1. The number of nitrogens with zero attached hydrogens (tertiary/aromatic N) is 3. The molecule has 0 aliphatic rings. The van der Waals surface area contributed by atoms with E-state index in [4.69, 9.17) is 16.3 Å². The van der Waals surface area contributed by atoms with Crippen LogP contribution >= 0.6 is 27.5 Å². The van der Waals surface area contributed by atoms with Gasteiger partial charge in [0.2, 0.25) is 11.8 Å². The van der Waals surface area contributed by atoms with E-state index < -0.39 is 0 Å². The topological polar surface area (TPSA) is 38.2 Å². The maximum atomic E-state index is 5.79. The Kier molecular flexibility index (Phi) is 6.58. The molecule has 0 N–H and O–H groups in total. The summed E-state index contributed by atoms with van der Waals surface area (Å²) in [5.41, 5.74) is 0. The van der Waals surface area contributed by atoms with Crippen LogP contribution in [0.2, 0.25) is 0 Å². The molecule has 0 amide bonds. The van der Waals surface area contributed by atoms with Crippen molar-refractivity contribution >= 4 is 33.5 Å². The minimum atomic E-state index is 0.547. The van der Waals surface area contributed by atoms with Gasteiger partial charge in [0.1, 0.15) is 0 Å². The smallest absolute Gasteiger partial charge is 0.232 e. The molecule has 1 rings (SSSR count). The first-order valence-electron chi connectivity index (χ1n) is 5.60. The van der Waals surface area contributed by atoms with Gasteiger partial charge in [-0.25, -0.2) is 4.98 Å². The van der Waals surface area contributed by atoms with E-state index in [2.05, 4.69) is 37.7 Å². The van der Waals surface area contributed by atoms with Gasteiger partial charge in [-0.3, -0.25) is 0 Å². The van der Waals surface area contributed by atoms with Crippen LogP contribution in [-0.4, -0.2) is 36.0 Å². The summed E-state index contributed by atoms with van der Waals surface area (Å²) in [4.78, 5) is 10.7. The van der Waals surface area contributed by atoms with E-state index in [1.807, 2.05) is 0 Å². The number of anilines is 1. The Hall–Kier alpha value is -0.550. The molecule has 0 aliphatic heterocycles. The standard InChI is InChI=1S/C11H17BrClN3O/c1-3-4-6-16(7-5-13)11-14-8-9(12)10(15-11)17-2/h8H,3-7H2,1-2H3. The van der Waals surface area contributed by atoms with Gasteiger partial charge in [0.05, 0.1) is 17.8 Å². The van der Waals surface area contributed by atoms with Crippen LogP contribution in [0.4, 0.5) is 5.95 Å². The first-order valence-corrected chi connectivity index (χ1v) is 6.93. The minimum absolute atomic E-state index is 0.547. The van der Waals surface area contributed by atoms with Crippen LogP contribution in [0.15, 0.2) is 10.7 Å². The highest BCUT2D eigenvalue weighted by atomic mass is 79.9. The Morgan fingerprint density at radius 2 is 2.24 bits per heavy atom. The van der Waals surface area contributed by atoms with Crippen molar-refractivity contribution in [3.05, 3.63) is 10.7 Å². The maximum absolute atomic E-state index is 5.79. The van der Waals surface area contributed by atoms with Gasteiger partial charge < -0.3 is 9.64 Å². The van der Waals surface area contributed by atoms with Crippen LogP contribution < -0.4 is 9.64 Å². The average Bonchev–Trinajstić information content (AvgIpc) is 2.35. The number of hydrogen-bond donors (Lipinski definition) is 0. The second-order valence-electron chi connectivity index (χ2n) is 3.56. The lowest BCUT2D eigenvalue weighted by Crippen LogP contribution is -2.28. The molecule has 1 heterocycles. The summed E-state index contributed by atoms with van der Waals surface area (Å²) in [6, 6.07) is 0. The Bertz CT molecular complexity index is 351. The lowest BCUT2D eigenvalue weighted by molar-refractivity contribution is 0.393. The molecule has 0 unspecified atom stereocenters. The van der Waals surface area contributed by atoms with Crippen LogP contribution in [0.25, 0.3) is 0 Å². The van der Waals surface area contributed by atoms with Gasteiger partial charge in [-0.15, -0.1) is 11.6 Å². The highest BCUT2D eigenvalue weighted by Gasteiger charge is 2.11. The van der Waals surface area contributed by atoms with E-state index in [0.717, 1.165) is 30.4 Å². The number of rotatable bonds is 7. The molecule has 4 nitrogen and oxygen atoms in total. The minimum Gasteiger partial charge on any atom is -0.480 e. The molecule has 0 bridgehead atoms. The number of halogens is 2. The zero-order chi connectivity index (χ0) is 12.7. The SMILES string of the molecule is CCCCN(CCCl)c1ncc(Br)c(OC)n1. The van der Waals surface area contributed by atoms with Crippen molar-refractivity contribution in [2.24, 2.45) is 0 Å². The van der Waals surface area contributed by atoms with Gasteiger partial charge in [-0.05, 0) is 22.4 Å². The number of ether oxygens (including phenoxy) is 1. The lowest BCUT2D eigenvalue weighted by atomic mass is 10.3. The van der Waals surface area contributed by atoms with E-state index in [0.29, 0.717) is 17.7 Å². The van der Waals surface area contributed by atoms with Crippen LogP contribution in [0, 0.1) is 0 Å². The average molecular weight is 323 g/mol. The fourth-order valence-corrected chi connectivity index (χ4v) is 1.96. The highest BCUT2D eigenvalue weighted by molar-refractivity contribution is 9.10. The molecule has 0 spiro atoms. The van der Waals surface area contributed by atoms with Gasteiger partial charge in [0, 0.05) is 19.0 Å². The Labute approximate surface area is 115 Å². The van der Waals surface area contributed by atoms with Crippen LogP contribution in [0.5, 0.6) is 5.88 Å². The van der Waals surface area contributed by atoms with Crippen molar-refractivity contribution in [1.29, 1.82) is 0 Å². The Balaban J connectivity index is 2.85. The fourth-order valence-electron chi connectivity index (χ4n) is 1.40. The van der Waals surface area contributed by atoms with Gasteiger partial charge in [0.25, 0.3) is 0 Å². The molecular weight excluding hydrogens is 305 g/mol. The third kappa shape index (κ3) is 4.32. The predicted octanol–water partition coefficient (Wildman–Crippen LogP) is 3.09. The van der Waals surface area contributed by atoms with Gasteiger partial charge in [-0.2, -0.15) is 4.98 Å². The number of unbranched alkanes of at least 4 members (excludes halogenated alkanes) is 1. The van der Waals surface area contributed by atoms with E-state index in [1.165, 1.54) is 0 Å². The summed E-state index contributed by atoms with van der Waals surface area (Å²) >= 11 is 9.13. The van der Waals surface area contributed by atoms with E-state index in [9.17, 15) is 0 Å². The third-order valence-corrected chi connectivity index (χ3v) is 3.02. The molecule has 0 saturated heterocycles. The maximum Gasteiger partial charge on any atom is 0.232 e. The number of methoxy groups -OCH3 is 1. The van der Waals surface area contributed by atoms with E-state index in [-0.39, 0.29) is 0 Å². The molecule has 0 saturated carbocycles. The van der Waals surface area contributed by atoms with Crippen LogP contribution in [0.3, 0.4) is 0 Å². The fraction of sp³-hybridized carbons (Fsp3) is 0.636. The predicted molar refractivity (Wildman–Crippen MR) is 74.1 cm³/mol. The molecule has 0 aromatic carbocycles. The van der Waals surface area contributed by atoms with Crippen molar-refractivity contribution in [3.63, 3.8) is 0 Å². The molecule has 0 radical (unpaired) electrons. The van der Waals surface area contributed by atoms with E-state index in [1.54, 1.807) is 13.3 Å². The molecule has 96 valence electrons. The molecule has 0 atom stereocenters. The van der Waals surface area contributed by atoms with Gasteiger partial charge in [-0.1, -0.05) is 13.3 Å². The second kappa shape index (κ2) is 7.71. The quantitative estimate of drug-likeness (QED) is 0.723. The van der Waals surface area contributed by atoms with Crippen LogP contribution in [0.1, 0.15) is 19.8 Å². The largest absolute Gasteiger partial charge is 0.480 e. The summed E-state index contributed by atoms with van der Waals surface area (Å²) in [6.45, 7) is 3.81. The van der Waals surface area contributed by atoms with E-state index >= 15 is 0 Å². The number of hydrogen-bond acceptors (Lipinski definition) is 4. The van der Waals surface area contributed by atoms with Crippen molar-refractivity contribution < 1.29 is 4.74 Å². The second-order valence-corrected chi connectivity index (χ2v) is 4.79. The molecule has 0 fully saturated rings. The summed E-state index contributed by atoms with van der Waals surface area (Å²) < 4.78 is 5.92. The molecule has 1 aromatic heterocycles. The lowest BCUT2D eigenvalue weighted by Gasteiger charge is -2.21. The summed E-state index contributed by atoms with van der Waals surface area (Å²) in [5, 5.41) is 0. The molecule has 6 heteroatoms. The highest BCUT2D eigenvalue weighted by Crippen LogP contribution is 2.23. The van der Waals surface area contributed by atoms with Crippen molar-refractivity contribution in [3.8, 4) is 5.88 Å². The first kappa shape index (κ1) is 14.5. The Morgan fingerprint density at radius 1 is 1.47 bits per heavy atom. The summed E-state index contributed by atoms with van der Waals surface area (Å²) in [6.07, 6.45) is 3.93. The number of alkyl halides is 1. The van der Waals surface area contributed by atoms with Gasteiger partial charge in [0.15, 0.2) is 0 Å².